The lowest BCUT2D eigenvalue weighted by atomic mass is 10.0. The van der Waals surface area contributed by atoms with E-state index in [2.05, 4.69) is 25.8 Å². The lowest BCUT2D eigenvalue weighted by Crippen LogP contribution is -2.19. The van der Waals surface area contributed by atoms with E-state index in [0.717, 1.165) is 12.1 Å². The number of rotatable bonds is 5. The van der Waals surface area contributed by atoms with E-state index in [1.54, 1.807) is 42.6 Å². The van der Waals surface area contributed by atoms with Crippen LogP contribution in [0.3, 0.4) is 0 Å². The molecule has 2 aromatic heterocycles. The fraction of sp³-hybridized carbons (Fsp3) is 0.0435. The SMILES string of the molecule is NC(=O)c1cc(-c2c[nH]nc2-c2cccc(NC(=O)Nc3ccc(C(F)(F)F)cc3)c2)ccn1. The minimum atomic E-state index is -4.45. The van der Waals surface area contributed by atoms with E-state index < -0.39 is 23.7 Å². The summed E-state index contributed by atoms with van der Waals surface area (Å²) < 4.78 is 38.1. The van der Waals surface area contributed by atoms with Crippen LogP contribution in [0.1, 0.15) is 16.1 Å². The Hall–Kier alpha value is -4.67. The number of primary amides is 1. The van der Waals surface area contributed by atoms with Crippen LogP contribution in [0.2, 0.25) is 0 Å². The van der Waals surface area contributed by atoms with Gasteiger partial charge < -0.3 is 16.4 Å². The van der Waals surface area contributed by atoms with Crippen molar-refractivity contribution in [3.8, 4) is 22.4 Å². The summed E-state index contributed by atoms with van der Waals surface area (Å²) in [6.07, 6.45) is -1.33. The zero-order valence-electron chi connectivity index (χ0n) is 17.4. The van der Waals surface area contributed by atoms with Gasteiger partial charge in [-0.2, -0.15) is 18.3 Å². The number of hydrogen-bond donors (Lipinski definition) is 4. The lowest BCUT2D eigenvalue weighted by molar-refractivity contribution is -0.137. The molecular weight excluding hydrogens is 449 g/mol. The van der Waals surface area contributed by atoms with Gasteiger partial charge in [0.15, 0.2) is 0 Å². The molecule has 172 valence electrons. The van der Waals surface area contributed by atoms with Crippen molar-refractivity contribution in [2.24, 2.45) is 5.73 Å². The number of benzene rings is 2. The summed E-state index contributed by atoms with van der Waals surface area (Å²) in [4.78, 5) is 27.7. The summed E-state index contributed by atoms with van der Waals surface area (Å²) in [5.74, 6) is -0.655. The molecular formula is C23H17F3N6O2. The van der Waals surface area contributed by atoms with Crippen LogP contribution in [0.5, 0.6) is 0 Å². The van der Waals surface area contributed by atoms with Crippen molar-refractivity contribution in [2.75, 3.05) is 10.6 Å². The summed E-state index contributed by atoms with van der Waals surface area (Å²) in [6.45, 7) is 0. The van der Waals surface area contributed by atoms with Crippen LogP contribution in [-0.2, 0) is 6.18 Å². The molecule has 4 rings (SSSR count). The zero-order valence-corrected chi connectivity index (χ0v) is 17.4. The van der Waals surface area contributed by atoms with Crippen LogP contribution >= 0.6 is 0 Å². The molecule has 0 spiro atoms. The van der Waals surface area contributed by atoms with E-state index in [1.165, 1.54) is 18.3 Å². The molecule has 34 heavy (non-hydrogen) atoms. The van der Waals surface area contributed by atoms with Crippen molar-refractivity contribution in [3.05, 3.63) is 84.3 Å². The molecule has 0 saturated carbocycles. The van der Waals surface area contributed by atoms with Crippen LogP contribution in [0.25, 0.3) is 22.4 Å². The van der Waals surface area contributed by atoms with Gasteiger partial charge in [0.25, 0.3) is 5.91 Å². The Balaban J connectivity index is 1.51. The second-order valence-electron chi connectivity index (χ2n) is 7.18. The van der Waals surface area contributed by atoms with E-state index in [-0.39, 0.29) is 11.4 Å². The fourth-order valence-corrected chi connectivity index (χ4v) is 3.24. The first-order valence-corrected chi connectivity index (χ1v) is 9.86. The van der Waals surface area contributed by atoms with Gasteiger partial charge in [-0.3, -0.25) is 14.9 Å². The minimum absolute atomic E-state index is 0.111. The molecule has 2 aromatic carbocycles. The van der Waals surface area contributed by atoms with Crippen molar-refractivity contribution in [1.29, 1.82) is 0 Å². The number of aromatic amines is 1. The second kappa shape index (κ2) is 9.06. The number of nitrogens with zero attached hydrogens (tertiary/aromatic N) is 2. The number of anilines is 2. The topological polar surface area (TPSA) is 126 Å². The monoisotopic (exact) mass is 466 g/mol. The van der Waals surface area contributed by atoms with E-state index in [9.17, 15) is 22.8 Å². The molecule has 8 nitrogen and oxygen atoms in total. The molecule has 0 atom stereocenters. The Labute approximate surface area is 191 Å². The largest absolute Gasteiger partial charge is 0.416 e. The summed E-state index contributed by atoms with van der Waals surface area (Å²) in [5.41, 5.74) is 7.85. The number of amides is 3. The molecule has 0 aliphatic heterocycles. The molecule has 3 amide bonds. The summed E-state index contributed by atoms with van der Waals surface area (Å²) in [7, 11) is 0. The van der Waals surface area contributed by atoms with Crippen molar-refractivity contribution in [2.45, 2.75) is 6.18 Å². The highest BCUT2D eigenvalue weighted by Gasteiger charge is 2.30. The molecule has 2 heterocycles. The Morgan fingerprint density at radius 3 is 2.35 bits per heavy atom. The number of alkyl halides is 3. The van der Waals surface area contributed by atoms with Gasteiger partial charge in [0.2, 0.25) is 0 Å². The molecule has 0 unspecified atom stereocenters. The maximum atomic E-state index is 12.7. The predicted octanol–water partition coefficient (Wildman–Crippen LogP) is 4.90. The zero-order chi connectivity index (χ0) is 24.3. The Morgan fingerprint density at radius 1 is 0.912 bits per heavy atom. The third kappa shape index (κ3) is 5.04. The average molecular weight is 466 g/mol. The first kappa shape index (κ1) is 22.5. The molecule has 0 radical (unpaired) electrons. The van der Waals surface area contributed by atoms with Crippen molar-refractivity contribution in [3.63, 3.8) is 0 Å². The quantitative estimate of drug-likeness (QED) is 0.334. The van der Waals surface area contributed by atoms with Crippen LogP contribution < -0.4 is 16.4 Å². The van der Waals surface area contributed by atoms with E-state index >= 15 is 0 Å². The van der Waals surface area contributed by atoms with Gasteiger partial charge in [0.05, 0.1) is 11.3 Å². The molecule has 5 N–H and O–H groups in total. The van der Waals surface area contributed by atoms with Gasteiger partial charge in [0.1, 0.15) is 5.69 Å². The fourth-order valence-electron chi connectivity index (χ4n) is 3.24. The van der Waals surface area contributed by atoms with Gasteiger partial charge in [-0.05, 0) is 54.1 Å². The highest BCUT2D eigenvalue weighted by Crippen LogP contribution is 2.32. The Morgan fingerprint density at radius 2 is 1.65 bits per heavy atom. The van der Waals surface area contributed by atoms with Gasteiger partial charge in [-0.1, -0.05) is 12.1 Å². The van der Waals surface area contributed by atoms with Crippen LogP contribution in [0, 0.1) is 0 Å². The number of pyridine rings is 1. The maximum absolute atomic E-state index is 12.7. The van der Waals surface area contributed by atoms with Gasteiger partial charge in [-0.25, -0.2) is 4.79 Å². The first-order valence-electron chi connectivity index (χ1n) is 9.86. The number of hydrogen-bond acceptors (Lipinski definition) is 4. The minimum Gasteiger partial charge on any atom is -0.364 e. The molecule has 0 saturated heterocycles. The molecule has 0 fully saturated rings. The smallest absolute Gasteiger partial charge is 0.364 e. The maximum Gasteiger partial charge on any atom is 0.416 e. The van der Waals surface area contributed by atoms with Crippen LogP contribution in [0.15, 0.2) is 73.1 Å². The summed E-state index contributed by atoms with van der Waals surface area (Å²) in [6, 6.07) is 13.6. The molecule has 11 heteroatoms. The standard InChI is InChI=1S/C23H17F3N6O2/c24-23(25,26)15-4-6-16(7-5-15)30-22(34)31-17-3-1-2-14(10-17)20-18(12-29-32-20)13-8-9-28-19(11-13)21(27)33/h1-12H,(H2,27,33)(H,29,32)(H2,30,31,34). The molecule has 4 aromatic rings. The van der Waals surface area contributed by atoms with Crippen molar-refractivity contribution in [1.82, 2.24) is 15.2 Å². The second-order valence-corrected chi connectivity index (χ2v) is 7.18. The predicted molar refractivity (Wildman–Crippen MR) is 120 cm³/mol. The summed E-state index contributed by atoms with van der Waals surface area (Å²) in [5, 5.41) is 12.2. The highest BCUT2D eigenvalue weighted by molar-refractivity contribution is 6.00. The first-order chi connectivity index (χ1) is 16.2. The van der Waals surface area contributed by atoms with Gasteiger partial charge in [-0.15, -0.1) is 0 Å². The number of carbonyl (C=O) groups is 2. The van der Waals surface area contributed by atoms with Crippen molar-refractivity contribution < 1.29 is 22.8 Å². The number of nitrogens with one attached hydrogen (secondary N) is 3. The number of aromatic nitrogens is 3. The molecule has 0 bridgehead atoms. The lowest BCUT2D eigenvalue weighted by Gasteiger charge is -2.11. The average Bonchev–Trinajstić information content (AvgIpc) is 3.29. The van der Waals surface area contributed by atoms with E-state index in [4.69, 9.17) is 5.73 Å². The Kier molecular flexibility index (Phi) is 6.00. The van der Waals surface area contributed by atoms with Crippen LogP contribution in [0.4, 0.5) is 29.3 Å². The van der Waals surface area contributed by atoms with Gasteiger partial charge in [0, 0.05) is 34.9 Å². The number of H-pyrrole nitrogens is 1. The molecule has 0 aliphatic rings. The number of urea groups is 1. The van der Waals surface area contributed by atoms with Crippen molar-refractivity contribution >= 4 is 23.3 Å². The van der Waals surface area contributed by atoms with Crippen LogP contribution in [-0.4, -0.2) is 27.1 Å². The third-order valence-corrected chi connectivity index (χ3v) is 4.83. The van der Waals surface area contributed by atoms with Gasteiger partial charge >= 0.3 is 12.2 Å². The van der Waals surface area contributed by atoms with E-state index in [1.807, 2.05) is 0 Å². The number of halogens is 3. The molecule has 0 aliphatic carbocycles. The number of carbonyl (C=O) groups excluding carboxylic acids is 2. The normalized spacial score (nSPS) is 11.1. The third-order valence-electron chi connectivity index (χ3n) is 4.83. The highest BCUT2D eigenvalue weighted by atomic mass is 19.4. The van der Waals surface area contributed by atoms with E-state index in [0.29, 0.717) is 28.1 Å². The summed E-state index contributed by atoms with van der Waals surface area (Å²) >= 11 is 0. The number of nitrogens with two attached hydrogens (primary N) is 1. The Bertz CT molecular complexity index is 1350.